The van der Waals surface area contributed by atoms with Gasteiger partial charge in [-0.1, -0.05) is 11.6 Å². The fourth-order valence-corrected chi connectivity index (χ4v) is 2.43. The van der Waals surface area contributed by atoms with Gasteiger partial charge in [-0.25, -0.2) is 0 Å². The highest BCUT2D eigenvalue weighted by Crippen LogP contribution is 2.32. The topological polar surface area (TPSA) is 71.3 Å². The largest absolute Gasteiger partial charge is 0.493 e. The van der Waals surface area contributed by atoms with Crippen LogP contribution in [0.5, 0.6) is 11.5 Å². The molecule has 0 aliphatic heterocycles. The van der Waals surface area contributed by atoms with Crippen LogP contribution in [0.1, 0.15) is 38.2 Å². The van der Waals surface area contributed by atoms with Crippen molar-refractivity contribution in [1.82, 2.24) is 0 Å². The van der Waals surface area contributed by atoms with Crippen LogP contribution in [0.4, 0.5) is 0 Å². The van der Waals surface area contributed by atoms with Crippen molar-refractivity contribution in [3.63, 3.8) is 0 Å². The van der Waals surface area contributed by atoms with Crippen LogP contribution in [0.3, 0.4) is 0 Å². The number of benzene rings is 1. The quantitative estimate of drug-likeness (QED) is 0.505. The molecule has 2 atom stereocenters. The standard InChI is InChI=1S/C15H21NO4/c1-10(16-18)11-7-8-14(15(9-11)19-2)20-13-6-4-3-5-12(13)17/h7-9,12-13,17-18H,3-6H2,1-2H3/b16-10+. The molecule has 5 nitrogen and oxygen atoms in total. The summed E-state index contributed by atoms with van der Waals surface area (Å²) >= 11 is 0. The van der Waals surface area contributed by atoms with Crippen molar-refractivity contribution in [3.8, 4) is 11.5 Å². The summed E-state index contributed by atoms with van der Waals surface area (Å²) in [4.78, 5) is 0. The SMILES string of the molecule is COc1cc(/C(C)=N/O)ccc1OC1CCCCC1O. The van der Waals surface area contributed by atoms with Gasteiger partial charge in [-0.15, -0.1) is 0 Å². The molecule has 20 heavy (non-hydrogen) atoms. The first-order valence-electron chi connectivity index (χ1n) is 6.87. The van der Waals surface area contributed by atoms with Gasteiger partial charge >= 0.3 is 0 Å². The maximum absolute atomic E-state index is 9.96. The van der Waals surface area contributed by atoms with Crippen LogP contribution in [0, 0.1) is 0 Å². The highest BCUT2D eigenvalue weighted by Gasteiger charge is 2.25. The lowest BCUT2D eigenvalue weighted by molar-refractivity contribution is 0.00568. The lowest BCUT2D eigenvalue weighted by Gasteiger charge is -2.28. The van der Waals surface area contributed by atoms with Crippen LogP contribution in [0.15, 0.2) is 23.4 Å². The summed E-state index contributed by atoms with van der Waals surface area (Å²) in [6, 6.07) is 5.35. The van der Waals surface area contributed by atoms with Gasteiger partial charge in [0, 0.05) is 5.56 Å². The first kappa shape index (κ1) is 14.7. The van der Waals surface area contributed by atoms with Crippen LogP contribution in [-0.2, 0) is 0 Å². The molecule has 1 fully saturated rings. The van der Waals surface area contributed by atoms with E-state index in [0.29, 0.717) is 17.2 Å². The lowest BCUT2D eigenvalue weighted by atomic mass is 9.95. The second-order valence-corrected chi connectivity index (χ2v) is 5.06. The van der Waals surface area contributed by atoms with Gasteiger partial charge in [-0.2, -0.15) is 0 Å². The average molecular weight is 279 g/mol. The Balaban J connectivity index is 2.19. The number of hydrogen-bond donors (Lipinski definition) is 2. The number of rotatable bonds is 4. The van der Waals surface area contributed by atoms with Gasteiger partial charge in [0.1, 0.15) is 6.10 Å². The molecule has 0 heterocycles. The molecule has 1 aromatic rings. The minimum absolute atomic E-state index is 0.184. The van der Waals surface area contributed by atoms with Crippen molar-refractivity contribution in [2.75, 3.05) is 7.11 Å². The van der Waals surface area contributed by atoms with Gasteiger partial charge in [0.15, 0.2) is 11.5 Å². The van der Waals surface area contributed by atoms with Gasteiger partial charge in [0.2, 0.25) is 0 Å². The molecule has 0 radical (unpaired) electrons. The Bertz CT molecular complexity index is 487. The highest BCUT2D eigenvalue weighted by atomic mass is 16.5. The molecule has 110 valence electrons. The van der Waals surface area contributed by atoms with E-state index in [2.05, 4.69) is 5.16 Å². The summed E-state index contributed by atoms with van der Waals surface area (Å²) in [5.74, 6) is 1.18. The van der Waals surface area contributed by atoms with Crippen molar-refractivity contribution in [3.05, 3.63) is 23.8 Å². The number of hydrogen-bond acceptors (Lipinski definition) is 5. The molecule has 2 N–H and O–H groups in total. The third kappa shape index (κ3) is 3.22. The van der Waals surface area contributed by atoms with E-state index in [1.54, 1.807) is 26.2 Å². The zero-order valence-electron chi connectivity index (χ0n) is 11.9. The predicted octanol–water partition coefficient (Wildman–Crippen LogP) is 2.58. The number of oxime groups is 1. The average Bonchev–Trinajstić information content (AvgIpc) is 2.49. The first-order valence-corrected chi connectivity index (χ1v) is 6.87. The van der Waals surface area contributed by atoms with E-state index < -0.39 is 6.10 Å². The summed E-state index contributed by atoms with van der Waals surface area (Å²) in [5.41, 5.74) is 1.27. The van der Waals surface area contributed by atoms with Crippen molar-refractivity contribution >= 4 is 5.71 Å². The van der Waals surface area contributed by atoms with Crippen LogP contribution >= 0.6 is 0 Å². The smallest absolute Gasteiger partial charge is 0.161 e. The van der Waals surface area contributed by atoms with E-state index >= 15 is 0 Å². The molecule has 5 heteroatoms. The fourth-order valence-electron chi connectivity index (χ4n) is 2.43. The second-order valence-electron chi connectivity index (χ2n) is 5.06. The molecule has 0 amide bonds. The third-order valence-electron chi connectivity index (χ3n) is 3.68. The Morgan fingerprint density at radius 1 is 1.25 bits per heavy atom. The summed E-state index contributed by atoms with van der Waals surface area (Å²) in [7, 11) is 1.56. The van der Waals surface area contributed by atoms with E-state index in [4.69, 9.17) is 14.7 Å². The van der Waals surface area contributed by atoms with Gasteiger partial charge < -0.3 is 19.8 Å². The molecule has 0 spiro atoms. The third-order valence-corrected chi connectivity index (χ3v) is 3.68. The monoisotopic (exact) mass is 279 g/mol. The maximum Gasteiger partial charge on any atom is 0.161 e. The molecule has 0 bridgehead atoms. The van der Waals surface area contributed by atoms with Crippen molar-refractivity contribution in [1.29, 1.82) is 0 Å². The van der Waals surface area contributed by atoms with Gasteiger partial charge in [0.25, 0.3) is 0 Å². The van der Waals surface area contributed by atoms with Crippen LogP contribution in [-0.4, -0.2) is 35.3 Å². The molecular formula is C15H21NO4. The number of aliphatic hydroxyl groups is 1. The van der Waals surface area contributed by atoms with Crippen LogP contribution < -0.4 is 9.47 Å². The van der Waals surface area contributed by atoms with Crippen molar-refractivity contribution in [2.45, 2.75) is 44.8 Å². The van der Waals surface area contributed by atoms with Crippen molar-refractivity contribution in [2.24, 2.45) is 5.16 Å². The highest BCUT2D eigenvalue weighted by molar-refractivity contribution is 5.98. The van der Waals surface area contributed by atoms with Gasteiger partial charge in [0.05, 0.1) is 18.9 Å². The normalized spacial score (nSPS) is 23.4. The van der Waals surface area contributed by atoms with E-state index in [1.807, 2.05) is 6.07 Å². The van der Waals surface area contributed by atoms with Crippen LogP contribution in [0.25, 0.3) is 0 Å². The Kier molecular flexibility index (Phi) is 4.84. The molecule has 1 saturated carbocycles. The molecule has 2 rings (SSSR count). The number of nitrogens with zero attached hydrogens (tertiary/aromatic N) is 1. The molecule has 2 unspecified atom stereocenters. The van der Waals surface area contributed by atoms with Gasteiger partial charge in [-0.3, -0.25) is 0 Å². The van der Waals surface area contributed by atoms with E-state index in [1.165, 1.54) is 0 Å². The zero-order valence-corrected chi connectivity index (χ0v) is 11.9. The van der Waals surface area contributed by atoms with Crippen LogP contribution in [0.2, 0.25) is 0 Å². The Morgan fingerprint density at radius 2 is 2.00 bits per heavy atom. The van der Waals surface area contributed by atoms with Crippen molar-refractivity contribution < 1.29 is 19.8 Å². The number of aliphatic hydroxyl groups excluding tert-OH is 1. The summed E-state index contributed by atoms with van der Waals surface area (Å²) < 4.78 is 11.2. The fraction of sp³-hybridized carbons (Fsp3) is 0.533. The van der Waals surface area contributed by atoms with Gasteiger partial charge in [-0.05, 0) is 44.4 Å². The molecule has 0 aromatic heterocycles. The van der Waals surface area contributed by atoms with E-state index in [9.17, 15) is 5.11 Å². The summed E-state index contributed by atoms with van der Waals surface area (Å²) in [5, 5.41) is 21.9. The molecule has 1 aromatic carbocycles. The Morgan fingerprint density at radius 3 is 2.65 bits per heavy atom. The second kappa shape index (κ2) is 6.61. The van der Waals surface area contributed by atoms with E-state index in [0.717, 1.165) is 31.2 Å². The minimum Gasteiger partial charge on any atom is -0.493 e. The maximum atomic E-state index is 9.96. The molecule has 0 saturated heterocycles. The Labute approximate surface area is 118 Å². The van der Waals surface area contributed by atoms with E-state index in [-0.39, 0.29) is 6.10 Å². The predicted molar refractivity (Wildman–Crippen MR) is 75.9 cm³/mol. The molecule has 1 aliphatic rings. The lowest BCUT2D eigenvalue weighted by Crippen LogP contribution is -2.34. The molecular weight excluding hydrogens is 258 g/mol. The summed E-state index contributed by atoms with van der Waals surface area (Å²) in [6.07, 6.45) is 3.14. The number of methoxy groups -OCH3 is 1. The number of ether oxygens (including phenoxy) is 2. The zero-order chi connectivity index (χ0) is 14.5. The first-order chi connectivity index (χ1) is 9.65. The summed E-state index contributed by atoms with van der Waals surface area (Å²) in [6.45, 7) is 1.71. The Hall–Kier alpha value is -1.75. The molecule has 1 aliphatic carbocycles. The minimum atomic E-state index is -0.422.